The summed E-state index contributed by atoms with van der Waals surface area (Å²) >= 11 is 0. The van der Waals surface area contributed by atoms with Crippen molar-refractivity contribution >= 4 is 0 Å². The highest BCUT2D eigenvalue weighted by Gasteiger charge is 2.28. The van der Waals surface area contributed by atoms with Crippen LogP contribution in [0.4, 0.5) is 13.2 Å². The van der Waals surface area contributed by atoms with Crippen molar-refractivity contribution in [2.24, 2.45) is 0 Å². The summed E-state index contributed by atoms with van der Waals surface area (Å²) in [6.07, 6.45) is -4.28. The highest BCUT2D eigenvalue weighted by Crippen LogP contribution is 2.28. The molecule has 0 fully saturated rings. The molecular weight excluding hydrogens is 193 g/mol. The molecule has 0 N–H and O–H groups in total. The van der Waals surface area contributed by atoms with Gasteiger partial charge in [0.05, 0.1) is 13.0 Å². The highest BCUT2D eigenvalue weighted by molar-refractivity contribution is 5.39. The number of hydrogen-bond donors (Lipinski definition) is 0. The molecule has 2 rings (SSSR count). The number of halogens is 3. The number of hydrogen-bond acceptors (Lipinski definition) is 1. The summed E-state index contributed by atoms with van der Waals surface area (Å²) in [6, 6.07) is 4.66. The van der Waals surface area contributed by atoms with Crippen molar-refractivity contribution in [1.82, 2.24) is 0 Å². The zero-order chi connectivity index (χ0) is 10.2. The van der Waals surface area contributed by atoms with Crippen LogP contribution in [0.1, 0.15) is 11.1 Å². The Balaban J connectivity index is 2.21. The SMILES string of the molecule is FC(F)(F)Cc1ccc2c(c1)CCO2. The Labute approximate surface area is 79.5 Å². The first-order valence-corrected chi connectivity index (χ1v) is 4.36. The lowest BCUT2D eigenvalue weighted by atomic mass is 10.1. The molecule has 1 aromatic carbocycles. The summed E-state index contributed by atoms with van der Waals surface area (Å²) in [7, 11) is 0. The van der Waals surface area contributed by atoms with E-state index in [2.05, 4.69) is 0 Å². The van der Waals surface area contributed by atoms with Gasteiger partial charge >= 0.3 is 6.18 Å². The Kier molecular flexibility index (Phi) is 2.13. The number of alkyl halides is 3. The van der Waals surface area contributed by atoms with Gasteiger partial charge in [-0.3, -0.25) is 0 Å². The molecule has 1 heterocycles. The van der Waals surface area contributed by atoms with Crippen LogP contribution < -0.4 is 4.74 Å². The maximum absolute atomic E-state index is 12.1. The molecule has 0 aromatic heterocycles. The van der Waals surface area contributed by atoms with Gasteiger partial charge in [-0.2, -0.15) is 13.2 Å². The molecule has 0 spiro atoms. The van der Waals surface area contributed by atoms with Crippen molar-refractivity contribution in [1.29, 1.82) is 0 Å². The third-order valence-corrected chi connectivity index (χ3v) is 2.16. The Morgan fingerprint density at radius 3 is 2.79 bits per heavy atom. The lowest BCUT2D eigenvalue weighted by molar-refractivity contribution is -0.127. The molecule has 0 saturated carbocycles. The van der Waals surface area contributed by atoms with Crippen molar-refractivity contribution in [3.8, 4) is 5.75 Å². The molecule has 1 aliphatic heterocycles. The van der Waals surface area contributed by atoms with Crippen LogP contribution >= 0.6 is 0 Å². The molecule has 0 saturated heterocycles. The fourth-order valence-electron chi connectivity index (χ4n) is 1.58. The third kappa shape index (κ3) is 2.00. The first kappa shape index (κ1) is 9.37. The minimum Gasteiger partial charge on any atom is -0.493 e. The van der Waals surface area contributed by atoms with E-state index in [4.69, 9.17) is 4.74 Å². The van der Waals surface area contributed by atoms with E-state index in [0.29, 0.717) is 18.6 Å². The Morgan fingerprint density at radius 2 is 2.07 bits per heavy atom. The van der Waals surface area contributed by atoms with Gasteiger partial charge in [0.25, 0.3) is 0 Å². The van der Waals surface area contributed by atoms with Crippen LogP contribution in [0.25, 0.3) is 0 Å². The zero-order valence-corrected chi connectivity index (χ0v) is 7.40. The number of benzene rings is 1. The van der Waals surface area contributed by atoms with E-state index in [0.717, 1.165) is 11.3 Å². The van der Waals surface area contributed by atoms with Gasteiger partial charge in [-0.25, -0.2) is 0 Å². The van der Waals surface area contributed by atoms with Crippen LogP contribution in [0.5, 0.6) is 5.75 Å². The van der Waals surface area contributed by atoms with E-state index in [1.165, 1.54) is 6.07 Å². The molecule has 1 nitrogen and oxygen atoms in total. The molecule has 1 aromatic rings. The van der Waals surface area contributed by atoms with E-state index in [1.807, 2.05) is 0 Å². The van der Waals surface area contributed by atoms with E-state index < -0.39 is 12.6 Å². The number of rotatable bonds is 1. The van der Waals surface area contributed by atoms with Gasteiger partial charge in [0.15, 0.2) is 0 Å². The summed E-state index contributed by atoms with van der Waals surface area (Å²) in [5.74, 6) is 0.718. The number of fused-ring (bicyclic) bond motifs is 1. The van der Waals surface area contributed by atoms with E-state index in [1.54, 1.807) is 12.1 Å². The molecule has 0 aliphatic carbocycles. The van der Waals surface area contributed by atoms with Gasteiger partial charge in [-0.05, 0) is 17.2 Å². The lowest BCUT2D eigenvalue weighted by Crippen LogP contribution is -2.11. The molecule has 4 heteroatoms. The van der Waals surface area contributed by atoms with E-state index in [9.17, 15) is 13.2 Å². The molecule has 0 radical (unpaired) electrons. The maximum atomic E-state index is 12.1. The average molecular weight is 202 g/mol. The fourth-order valence-corrected chi connectivity index (χ4v) is 1.58. The van der Waals surface area contributed by atoms with Crippen molar-refractivity contribution < 1.29 is 17.9 Å². The van der Waals surface area contributed by atoms with Crippen LogP contribution in [0.15, 0.2) is 18.2 Å². The highest BCUT2D eigenvalue weighted by atomic mass is 19.4. The molecule has 14 heavy (non-hydrogen) atoms. The Morgan fingerprint density at radius 1 is 1.29 bits per heavy atom. The predicted octanol–water partition coefficient (Wildman–Crippen LogP) is 2.73. The summed E-state index contributed by atoms with van der Waals surface area (Å²) in [5, 5.41) is 0. The second-order valence-electron chi connectivity index (χ2n) is 3.33. The largest absolute Gasteiger partial charge is 0.493 e. The van der Waals surface area contributed by atoms with Crippen LogP contribution in [-0.4, -0.2) is 12.8 Å². The molecule has 1 aliphatic rings. The first-order chi connectivity index (χ1) is 6.54. The zero-order valence-electron chi connectivity index (χ0n) is 7.40. The van der Waals surface area contributed by atoms with Crippen molar-refractivity contribution in [2.45, 2.75) is 19.0 Å². The standard InChI is InChI=1S/C10H9F3O/c11-10(12,13)6-7-1-2-9-8(5-7)3-4-14-9/h1-2,5H,3-4,6H2. The normalized spacial score (nSPS) is 15.1. The second kappa shape index (κ2) is 3.19. The Hall–Kier alpha value is -1.19. The van der Waals surface area contributed by atoms with Crippen LogP contribution in [0.2, 0.25) is 0 Å². The van der Waals surface area contributed by atoms with Gasteiger partial charge in [0, 0.05) is 6.42 Å². The minimum atomic E-state index is -4.13. The van der Waals surface area contributed by atoms with Crippen LogP contribution in [0.3, 0.4) is 0 Å². The van der Waals surface area contributed by atoms with Gasteiger partial charge in [0.1, 0.15) is 5.75 Å². The fraction of sp³-hybridized carbons (Fsp3) is 0.400. The quantitative estimate of drug-likeness (QED) is 0.680. The van der Waals surface area contributed by atoms with E-state index >= 15 is 0 Å². The number of ether oxygens (including phenoxy) is 1. The molecule has 0 unspecified atom stereocenters. The third-order valence-electron chi connectivity index (χ3n) is 2.16. The predicted molar refractivity (Wildman–Crippen MR) is 45.4 cm³/mol. The summed E-state index contributed by atoms with van der Waals surface area (Å²) in [4.78, 5) is 0. The van der Waals surface area contributed by atoms with Gasteiger partial charge in [-0.15, -0.1) is 0 Å². The monoisotopic (exact) mass is 202 g/mol. The van der Waals surface area contributed by atoms with Gasteiger partial charge < -0.3 is 4.74 Å². The average Bonchev–Trinajstić information content (AvgIpc) is 2.47. The summed E-state index contributed by atoms with van der Waals surface area (Å²) < 4.78 is 41.4. The molecular formula is C10H9F3O. The van der Waals surface area contributed by atoms with Crippen molar-refractivity contribution in [3.63, 3.8) is 0 Å². The smallest absolute Gasteiger partial charge is 0.393 e. The van der Waals surface area contributed by atoms with Gasteiger partial charge in [0.2, 0.25) is 0 Å². The van der Waals surface area contributed by atoms with Crippen molar-refractivity contribution in [3.05, 3.63) is 29.3 Å². The second-order valence-corrected chi connectivity index (χ2v) is 3.33. The topological polar surface area (TPSA) is 9.23 Å². The first-order valence-electron chi connectivity index (χ1n) is 4.36. The van der Waals surface area contributed by atoms with E-state index in [-0.39, 0.29) is 0 Å². The molecule has 0 amide bonds. The summed E-state index contributed by atoms with van der Waals surface area (Å²) in [6.45, 7) is 0.574. The van der Waals surface area contributed by atoms with Crippen LogP contribution in [0, 0.1) is 0 Å². The summed E-state index contributed by atoms with van der Waals surface area (Å²) in [5.41, 5.74) is 1.19. The van der Waals surface area contributed by atoms with Crippen molar-refractivity contribution in [2.75, 3.05) is 6.61 Å². The molecule has 0 bridgehead atoms. The Bertz CT molecular complexity index is 344. The lowest BCUT2D eigenvalue weighted by Gasteiger charge is -2.07. The van der Waals surface area contributed by atoms with Crippen LogP contribution in [-0.2, 0) is 12.8 Å². The molecule has 0 atom stereocenters. The maximum Gasteiger partial charge on any atom is 0.393 e. The van der Waals surface area contributed by atoms with Gasteiger partial charge in [-0.1, -0.05) is 12.1 Å². The molecule has 76 valence electrons. The minimum absolute atomic E-state index is 0.307.